The lowest BCUT2D eigenvalue weighted by Crippen LogP contribution is -2.71. The van der Waals surface area contributed by atoms with E-state index >= 15 is 0 Å². The van der Waals surface area contributed by atoms with Crippen molar-refractivity contribution >= 4 is 69.3 Å². The Morgan fingerprint density at radius 3 is 2.84 bits per heavy atom. The number of aliphatic carboxylic acids is 1. The molecular formula is C20H24N10O5S3. The Kier molecular flexibility index (Phi) is 8.34. The summed E-state index contributed by atoms with van der Waals surface area (Å²) in [6.07, 6.45) is 1.54. The molecule has 0 saturated carbocycles. The van der Waals surface area contributed by atoms with Crippen LogP contribution in [0.15, 0.2) is 27.9 Å². The number of thiol groups is 1. The van der Waals surface area contributed by atoms with Gasteiger partial charge in [0.05, 0.1) is 11.4 Å². The summed E-state index contributed by atoms with van der Waals surface area (Å²) < 4.78 is 1.56. The summed E-state index contributed by atoms with van der Waals surface area (Å²) in [6, 6.07) is -0.973. The number of oxime groups is 1. The number of carboxylic acids is 1. The summed E-state index contributed by atoms with van der Waals surface area (Å²) in [6.45, 7) is 1.19. The van der Waals surface area contributed by atoms with Crippen LogP contribution in [-0.2, 0) is 25.8 Å². The van der Waals surface area contributed by atoms with Crippen molar-refractivity contribution in [2.45, 2.75) is 18.0 Å². The number of likely N-dealkylation sites (N-methyl/N-ethyl adjacent to an activating group) is 1. The Hall–Kier alpha value is -3.48. The van der Waals surface area contributed by atoms with E-state index in [1.54, 1.807) is 10.8 Å². The first-order valence-corrected chi connectivity index (χ1v) is 13.4. The van der Waals surface area contributed by atoms with Gasteiger partial charge in [0, 0.05) is 17.7 Å². The minimum absolute atomic E-state index is 0.156. The van der Waals surface area contributed by atoms with Crippen LogP contribution in [0.2, 0.25) is 0 Å². The van der Waals surface area contributed by atoms with E-state index in [4.69, 9.17) is 10.6 Å². The molecule has 2 aliphatic heterocycles. The number of β-lactam (4-membered cyclic amide) rings is 1. The molecule has 2 aromatic heterocycles. The minimum Gasteiger partial charge on any atom is -0.477 e. The molecule has 202 valence electrons. The lowest BCUT2D eigenvalue weighted by molar-refractivity contribution is -0.150. The highest BCUT2D eigenvalue weighted by Crippen LogP contribution is 2.41. The van der Waals surface area contributed by atoms with E-state index in [0.29, 0.717) is 29.4 Å². The van der Waals surface area contributed by atoms with Crippen molar-refractivity contribution in [2.75, 3.05) is 39.2 Å². The van der Waals surface area contributed by atoms with Gasteiger partial charge in [0.15, 0.2) is 16.7 Å². The van der Waals surface area contributed by atoms with Crippen molar-refractivity contribution in [1.29, 1.82) is 0 Å². The van der Waals surface area contributed by atoms with Crippen LogP contribution in [0.1, 0.15) is 11.5 Å². The molecule has 0 spiro atoms. The number of tetrazole rings is 1. The fourth-order valence-electron chi connectivity index (χ4n) is 3.72. The number of aromatic nitrogens is 5. The Bertz CT molecular complexity index is 1350. The zero-order chi connectivity index (χ0) is 27.6. The zero-order valence-electron chi connectivity index (χ0n) is 20.4. The Morgan fingerprint density at radius 1 is 1.45 bits per heavy atom. The molecule has 15 nitrogen and oxygen atoms in total. The van der Waals surface area contributed by atoms with Crippen molar-refractivity contribution in [3.8, 4) is 0 Å². The maximum absolute atomic E-state index is 13.0. The highest BCUT2D eigenvalue weighted by molar-refractivity contribution is 8.00. The number of hydrogen-bond donors (Lipinski definition) is 4. The summed E-state index contributed by atoms with van der Waals surface area (Å²) >= 11 is 6.92. The number of hydrogen-bond acceptors (Lipinski definition) is 14. The SMILES string of the molecule is CON=C(C(=O)NC1C(=O)N2C(C(=O)O)=C(C=C(S)c3nnnn3CCN(C)C)CSC12)c1csc(N)n1. The lowest BCUT2D eigenvalue weighted by atomic mass is 10.0. The van der Waals surface area contributed by atoms with Crippen molar-refractivity contribution in [3.63, 3.8) is 0 Å². The summed E-state index contributed by atoms with van der Waals surface area (Å²) in [5, 5.41) is 29.1. The Labute approximate surface area is 230 Å². The molecule has 2 atom stereocenters. The van der Waals surface area contributed by atoms with Gasteiger partial charge in [-0.1, -0.05) is 5.16 Å². The maximum atomic E-state index is 13.0. The van der Waals surface area contributed by atoms with Crippen LogP contribution in [0, 0.1) is 0 Å². The normalized spacial score (nSPS) is 19.9. The predicted octanol–water partition coefficient (Wildman–Crippen LogP) is -0.667. The van der Waals surface area contributed by atoms with Gasteiger partial charge in [-0.15, -0.1) is 40.8 Å². The molecule has 2 unspecified atom stereocenters. The highest BCUT2D eigenvalue weighted by atomic mass is 32.2. The van der Waals surface area contributed by atoms with Gasteiger partial charge in [-0.25, -0.2) is 14.5 Å². The molecule has 2 aliphatic rings. The van der Waals surface area contributed by atoms with Crippen LogP contribution in [0.5, 0.6) is 0 Å². The van der Waals surface area contributed by atoms with Crippen molar-refractivity contribution < 1.29 is 24.3 Å². The van der Waals surface area contributed by atoms with Gasteiger partial charge in [-0.05, 0) is 36.2 Å². The number of nitrogens with one attached hydrogen (secondary N) is 1. The number of carboxylic acid groups (broad SMARTS) is 1. The second-order valence-electron chi connectivity index (χ2n) is 8.29. The van der Waals surface area contributed by atoms with Crippen molar-refractivity contribution in [2.24, 2.45) is 5.16 Å². The van der Waals surface area contributed by atoms with Gasteiger partial charge in [0.25, 0.3) is 11.8 Å². The first-order valence-electron chi connectivity index (χ1n) is 11.0. The number of fused-ring (bicyclic) bond motifs is 1. The maximum Gasteiger partial charge on any atom is 0.352 e. The minimum atomic E-state index is -1.28. The summed E-state index contributed by atoms with van der Waals surface area (Å²) in [5.74, 6) is -1.96. The third-order valence-corrected chi connectivity index (χ3v) is 7.79. The molecule has 0 radical (unpaired) electrons. The molecule has 18 heteroatoms. The number of amides is 2. The predicted molar refractivity (Wildman–Crippen MR) is 143 cm³/mol. The Morgan fingerprint density at radius 2 is 2.21 bits per heavy atom. The number of carbonyl (C=O) groups is 3. The molecule has 0 aliphatic carbocycles. The molecule has 0 bridgehead atoms. The highest BCUT2D eigenvalue weighted by Gasteiger charge is 2.54. The zero-order valence-corrected chi connectivity index (χ0v) is 23.0. The fourth-order valence-corrected chi connectivity index (χ4v) is 5.89. The summed E-state index contributed by atoms with van der Waals surface area (Å²) in [4.78, 5) is 50.4. The van der Waals surface area contributed by atoms with Gasteiger partial charge in [0.1, 0.15) is 29.9 Å². The molecule has 4 rings (SSSR count). The number of nitrogen functional groups attached to an aromatic ring is 1. The number of anilines is 1. The fraction of sp³-hybridized carbons (Fsp3) is 0.400. The van der Waals surface area contributed by atoms with Gasteiger partial charge >= 0.3 is 5.97 Å². The van der Waals surface area contributed by atoms with Gasteiger partial charge in [-0.3, -0.25) is 14.5 Å². The van der Waals surface area contributed by atoms with E-state index in [0.717, 1.165) is 16.2 Å². The van der Waals surface area contributed by atoms with E-state index in [2.05, 4.69) is 43.6 Å². The molecule has 38 heavy (non-hydrogen) atoms. The lowest BCUT2D eigenvalue weighted by Gasteiger charge is -2.49. The standard InChI is InChI=1S/C20H24N10O5S3/c1-28(2)4-5-29-15(24-26-27-29)11(36)6-9-7-37-18-13(17(32)30(18)14(9)19(33)34)23-16(31)12(25-35-3)10-8-38-20(21)22-10/h6,8,13,18,36H,4-5,7H2,1-3H3,(H2,21,22)(H,23,31)(H,33,34). The third-order valence-electron chi connectivity index (χ3n) is 5.48. The van der Waals surface area contributed by atoms with E-state index in [1.165, 1.54) is 24.3 Å². The van der Waals surface area contributed by atoms with Crippen LogP contribution < -0.4 is 11.1 Å². The largest absolute Gasteiger partial charge is 0.477 e. The average molecular weight is 581 g/mol. The average Bonchev–Trinajstić information content (AvgIpc) is 3.52. The summed E-state index contributed by atoms with van der Waals surface area (Å²) in [7, 11) is 5.10. The number of nitrogens with zero attached hydrogens (tertiary/aromatic N) is 8. The number of thioether (sulfide) groups is 1. The smallest absolute Gasteiger partial charge is 0.352 e. The van der Waals surface area contributed by atoms with Crippen molar-refractivity contribution in [3.05, 3.63) is 34.2 Å². The molecule has 2 aromatic rings. The Balaban J connectivity index is 1.55. The van der Waals surface area contributed by atoms with Gasteiger partial charge < -0.3 is 25.9 Å². The van der Waals surface area contributed by atoms with E-state index < -0.39 is 29.2 Å². The third kappa shape index (κ3) is 5.52. The molecular weight excluding hydrogens is 556 g/mol. The number of carbonyl (C=O) groups excluding carboxylic acids is 2. The quantitative estimate of drug-likeness (QED) is 0.120. The van der Waals surface area contributed by atoms with Crippen molar-refractivity contribution in [1.82, 2.24) is 40.3 Å². The second-order valence-corrected chi connectivity index (χ2v) is 10.8. The second kappa shape index (κ2) is 11.5. The first kappa shape index (κ1) is 27.6. The van der Waals surface area contributed by atoms with Crippen LogP contribution in [0.25, 0.3) is 4.91 Å². The number of thiazole rings is 1. The molecule has 4 heterocycles. The van der Waals surface area contributed by atoms with Crippen LogP contribution in [0.4, 0.5) is 5.13 Å². The molecule has 1 saturated heterocycles. The monoisotopic (exact) mass is 580 g/mol. The summed E-state index contributed by atoms with van der Waals surface area (Å²) in [5.41, 5.74) is 5.86. The number of allylic oxidation sites excluding steroid dienone is 1. The van der Waals surface area contributed by atoms with E-state index in [-0.39, 0.29) is 28.0 Å². The molecule has 0 aromatic carbocycles. The molecule has 1 fully saturated rings. The van der Waals surface area contributed by atoms with Crippen LogP contribution >= 0.6 is 35.7 Å². The molecule has 4 N–H and O–H groups in total. The number of rotatable bonds is 10. The number of nitrogens with two attached hydrogens (primary N) is 1. The first-order chi connectivity index (χ1) is 18.1. The van der Waals surface area contributed by atoms with Crippen LogP contribution in [-0.4, -0.2) is 109 Å². The van der Waals surface area contributed by atoms with Crippen LogP contribution in [0.3, 0.4) is 0 Å². The van der Waals surface area contributed by atoms with E-state index in [1.807, 2.05) is 19.0 Å². The van der Waals surface area contributed by atoms with E-state index in [9.17, 15) is 19.5 Å². The topological polar surface area (TPSA) is 194 Å². The molecule has 2 amide bonds. The van der Waals surface area contributed by atoms with Gasteiger partial charge in [-0.2, -0.15) is 0 Å². The van der Waals surface area contributed by atoms with Gasteiger partial charge in [0.2, 0.25) is 0 Å².